The van der Waals surface area contributed by atoms with Crippen LogP contribution in [0.5, 0.6) is 5.75 Å². The van der Waals surface area contributed by atoms with E-state index in [1.807, 2.05) is 69.3 Å². The Balaban J connectivity index is 1.81. The van der Waals surface area contributed by atoms with Crippen molar-refractivity contribution < 1.29 is 23.8 Å². The highest BCUT2D eigenvalue weighted by atomic mass is 16.6. The van der Waals surface area contributed by atoms with Crippen molar-refractivity contribution in [2.24, 2.45) is 5.92 Å². The van der Waals surface area contributed by atoms with Gasteiger partial charge in [0.15, 0.2) is 6.10 Å². The third-order valence-electron chi connectivity index (χ3n) is 4.67. The van der Waals surface area contributed by atoms with E-state index >= 15 is 0 Å². The van der Waals surface area contributed by atoms with Gasteiger partial charge in [0.1, 0.15) is 5.75 Å². The molecule has 0 bridgehead atoms. The lowest BCUT2D eigenvalue weighted by Gasteiger charge is -2.16. The molecule has 0 aromatic heterocycles. The molecule has 1 N–H and O–H groups in total. The zero-order valence-electron chi connectivity index (χ0n) is 18.9. The van der Waals surface area contributed by atoms with Gasteiger partial charge >= 0.3 is 5.97 Å². The van der Waals surface area contributed by atoms with E-state index in [-0.39, 0.29) is 17.8 Å². The van der Waals surface area contributed by atoms with Crippen LogP contribution in [0.3, 0.4) is 0 Å². The van der Waals surface area contributed by atoms with Gasteiger partial charge in [-0.1, -0.05) is 38.1 Å². The lowest BCUT2D eigenvalue weighted by atomic mass is 10.1. The smallest absolute Gasteiger partial charge is 0.335 e. The number of hydrogen-bond acceptors (Lipinski definition) is 5. The zero-order chi connectivity index (χ0) is 22.6. The first-order chi connectivity index (χ1) is 14.9. The van der Waals surface area contributed by atoms with Crippen molar-refractivity contribution in [2.75, 3.05) is 25.1 Å². The standard InChI is InChI=1S/C25H33NO5/c1-5-29-23(25(28)30-6-2)17-20-9-13-22(14-10-20)31-16-15-19-7-11-21(12-8-19)26-24(27)18(3)4/h7-14,18,23H,5-6,15-17H2,1-4H3,(H,26,27). The molecule has 0 saturated heterocycles. The maximum absolute atomic E-state index is 12.0. The minimum atomic E-state index is -0.593. The van der Waals surface area contributed by atoms with Crippen LogP contribution >= 0.6 is 0 Å². The van der Waals surface area contributed by atoms with E-state index in [1.165, 1.54) is 0 Å². The summed E-state index contributed by atoms with van der Waals surface area (Å²) in [7, 11) is 0. The van der Waals surface area contributed by atoms with Gasteiger partial charge in [-0.25, -0.2) is 4.79 Å². The van der Waals surface area contributed by atoms with Gasteiger partial charge in [0.25, 0.3) is 0 Å². The van der Waals surface area contributed by atoms with Gasteiger partial charge in [-0.2, -0.15) is 0 Å². The normalized spacial score (nSPS) is 11.8. The fourth-order valence-corrected chi connectivity index (χ4v) is 2.91. The summed E-state index contributed by atoms with van der Waals surface area (Å²) in [5.74, 6) is 0.400. The van der Waals surface area contributed by atoms with Crippen LogP contribution < -0.4 is 10.1 Å². The van der Waals surface area contributed by atoms with Crippen LogP contribution in [0.1, 0.15) is 38.8 Å². The Morgan fingerprint density at radius 3 is 2.13 bits per heavy atom. The van der Waals surface area contributed by atoms with E-state index in [0.29, 0.717) is 26.2 Å². The van der Waals surface area contributed by atoms with Crippen molar-refractivity contribution in [3.05, 3.63) is 59.7 Å². The highest BCUT2D eigenvalue weighted by Gasteiger charge is 2.20. The number of rotatable bonds is 12. The molecule has 0 radical (unpaired) electrons. The molecule has 6 heteroatoms. The van der Waals surface area contributed by atoms with Crippen LogP contribution in [0, 0.1) is 5.92 Å². The van der Waals surface area contributed by atoms with E-state index in [1.54, 1.807) is 6.92 Å². The average Bonchev–Trinajstić information content (AvgIpc) is 2.76. The van der Waals surface area contributed by atoms with Crippen molar-refractivity contribution in [1.82, 2.24) is 0 Å². The number of esters is 1. The van der Waals surface area contributed by atoms with E-state index < -0.39 is 6.10 Å². The van der Waals surface area contributed by atoms with E-state index in [2.05, 4.69) is 5.32 Å². The van der Waals surface area contributed by atoms with Gasteiger partial charge in [-0.15, -0.1) is 0 Å². The summed E-state index contributed by atoms with van der Waals surface area (Å²) >= 11 is 0. The molecule has 1 atom stereocenters. The van der Waals surface area contributed by atoms with Crippen molar-refractivity contribution in [1.29, 1.82) is 0 Å². The summed E-state index contributed by atoms with van der Waals surface area (Å²) < 4.78 is 16.4. The number of anilines is 1. The first-order valence-electron chi connectivity index (χ1n) is 10.8. The predicted molar refractivity (Wildman–Crippen MR) is 121 cm³/mol. The quantitative estimate of drug-likeness (QED) is 0.508. The van der Waals surface area contributed by atoms with Crippen LogP contribution in [0.4, 0.5) is 5.69 Å². The van der Waals surface area contributed by atoms with Crippen molar-refractivity contribution in [2.45, 2.75) is 46.6 Å². The Kier molecular flexibility index (Phi) is 10.0. The van der Waals surface area contributed by atoms with Gasteiger partial charge in [0.2, 0.25) is 5.91 Å². The molecule has 0 spiro atoms. The monoisotopic (exact) mass is 427 g/mol. The molecule has 2 rings (SSSR count). The highest BCUT2D eigenvalue weighted by molar-refractivity contribution is 5.92. The minimum Gasteiger partial charge on any atom is -0.493 e. The molecule has 2 aromatic carbocycles. The molecule has 0 aliphatic carbocycles. The van der Waals surface area contributed by atoms with E-state index in [0.717, 1.165) is 29.0 Å². The molecule has 0 fully saturated rings. The van der Waals surface area contributed by atoms with Gasteiger partial charge in [0, 0.05) is 31.1 Å². The van der Waals surface area contributed by atoms with E-state index in [4.69, 9.17) is 14.2 Å². The number of ether oxygens (including phenoxy) is 3. The number of nitrogens with one attached hydrogen (secondary N) is 1. The Bertz CT molecular complexity index is 815. The first kappa shape index (κ1) is 24.4. The average molecular weight is 428 g/mol. The Hall–Kier alpha value is -2.86. The maximum Gasteiger partial charge on any atom is 0.335 e. The van der Waals surface area contributed by atoms with Crippen LogP contribution in [0.25, 0.3) is 0 Å². The summed E-state index contributed by atoms with van der Waals surface area (Å²) in [6, 6.07) is 15.5. The molecule has 0 saturated carbocycles. The molecule has 2 aromatic rings. The van der Waals surface area contributed by atoms with E-state index in [9.17, 15) is 9.59 Å². The molecular formula is C25H33NO5. The number of amides is 1. The summed E-state index contributed by atoms with van der Waals surface area (Å²) in [5, 5.41) is 2.88. The van der Waals surface area contributed by atoms with Gasteiger partial charge in [-0.05, 0) is 49.2 Å². The summed E-state index contributed by atoms with van der Waals surface area (Å²) in [5.41, 5.74) is 2.91. The maximum atomic E-state index is 12.0. The molecule has 1 amide bonds. The largest absolute Gasteiger partial charge is 0.493 e. The summed E-state index contributed by atoms with van der Waals surface area (Å²) in [6.45, 7) is 8.71. The number of hydrogen-bond donors (Lipinski definition) is 1. The second-order valence-electron chi connectivity index (χ2n) is 7.48. The van der Waals surface area contributed by atoms with Crippen LogP contribution in [-0.2, 0) is 31.9 Å². The van der Waals surface area contributed by atoms with Gasteiger partial charge in [0.05, 0.1) is 13.2 Å². The molecule has 31 heavy (non-hydrogen) atoms. The zero-order valence-corrected chi connectivity index (χ0v) is 18.9. The minimum absolute atomic E-state index is 0.00867. The lowest BCUT2D eigenvalue weighted by molar-refractivity contribution is -0.156. The van der Waals surface area contributed by atoms with Crippen LogP contribution in [-0.4, -0.2) is 37.8 Å². The third kappa shape index (κ3) is 8.42. The molecule has 1 unspecified atom stereocenters. The third-order valence-corrected chi connectivity index (χ3v) is 4.67. The Morgan fingerprint density at radius 1 is 0.903 bits per heavy atom. The fourth-order valence-electron chi connectivity index (χ4n) is 2.91. The fraction of sp³-hybridized carbons (Fsp3) is 0.440. The van der Waals surface area contributed by atoms with Crippen LogP contribution in [0.15, 0.2) is 48.5 Å². The molecule has 0 heterocycles. The SMILES string of the molecule is CCOC(=O)C(Cc1ccc(OCCc2ccc(NC(=O)C(C)C)cc2)cc1)OCC. The molecule has 168 valence electrons. The Labute approximate surface area is 184 Å². The second-order valence-corrected chi connectivity index (χ2v) is 7.48. The topological polar surface area (TPSA) is 73.9 Å². The van der Waals surface area contributed by atoms with Crippen molar-refractivity contribution in [3.63, 3.8) is 0 Å². The summed E-state index contributed by atoms with van der Waals surface area (Å²) in [6.07, 6.45) is 0.632. The Morgan fingerprint density at radius 2 is 1.55 bits per heavy atom. The molecule has 0 aliphatic heterocycles. The number of carbonyl (C=O) groups is 2. The van der Waals surface area contributed by atoms with Gasteiger partial charge < -0.3 is 19.5 Å². The summed E-state index contributed by atoms with van der Waals surface area (Å²) in [4.78, 5) is 23.7. The van der Waals surface area contributed by atoms with Gasteiger partial charge in [-0.3, -0.25) is 4.79 Å². The molecule has 0 aliphatic rings. The van der Waals surface area contributed by atoms with Crippen molar-refractivity contribution in [3.8, 4) is 5.75 Å². The molecular weight excluding hydrogens is 394 g/mol. The van der Waals surface area contributed by atoms with Crippen molar-refractivity contribution >= 4 is 17.6 Å². The highest BCUT2D eigenvalue weighted by Crippen LogP contribution is 2.16. The first-order valence-corrected chi connectivity index (χ1v) is 10.8. The van der Waals surface area contributed by atoms with Crippen LogP contribution in [0.2, 0.25) is 0 Å². The number of carbonyl (C=O) groups excluding carboxylic acids is 2. The number of benzene rings is 2. The lowest BCUT2D eigenvalue weighted by Crippen LogP contribution is -2.28. The predicted octanol–water partition coefficient (Wildman–Crippen LogP) is 4.41. The second kappa shape index (κ2) is 12.7. The molecule has 6 nitrogen and oxygen atoms in total.